The summed E-state index contributed by atoms with van der Waals surface area (Å²) < 4.78 is 0. The number of nitrogens with one attached hydrogen (secondary N) is 1. The van der Waals surface area contributed by atoms with E-state index >= 15 is 0 Å². The summed E-state index contributed by atoms with van der Waals surface area (Å²) in [7, 11) is 0. The van der Waals surface area contributed by atoms with E-state index in [1.54, 1.807) is 24.3 Å². The van der Waals surface area contributed by atoms with Crippen LogP contribution in [0.25, 0.3) is 0 Å². The molecule has 2 aromatic rings. The molecule has 31 heavy (non-hydrogen) atoms. The largest absolute Gasteiger partial charge is 0.508 e. The second-order valence-electron chi connectivity index (χ2n) is 7.33. The van der Waals surface area contributed by atoms with Crippen molar-refractivity contribution in [1.82, 2.24) is 10.4 Å². The number of halogens is 1. The molecule has 0 fully saturated rings. The van der Waals surface area contributed by atoms with Gasteiger partial charge in [-0.15, -0.1) is 0 Å². The lowest BCUT2D eigenvalue weighted by Gasteiger charge is -2.39. The minimum Gasteiger partial charge on any atom is -0.508 e. The van der Waals surface area contributed by atoms with Crippen LogP contribution in [0.4, 0.5) is 0 Å². The number of nitrogens with zero attached hydrogens (tertiary/aromatic N) is 2. The second-order valence-corrected chi connectivity index (χ2v) is 7.73. The Morgan fingerprint density at radius 3 is 2.58 bits per heavy atom. The van der Waals surface area contributed by atoms with Gasteiger partial charge in [-0.1, -0.05) is 29.8 Å². The lowest BCUT2D eigenvalue weighted by Crippen LogP contribution is -2.48. The maximum atomic E-state index is 13.0. The molecule has 0 saturated heterocycles. The van der Waals surface area contributed by atoms with Crippen LogP contribution in [-0.2, 0) is 4.79 Å². The van der Waals surface area contributed by atoms with Gasteiger partial charge in [0.2, 0.25) is 0 Å². The van der Waals surface area contributed by atoms with Crippen molar-refractivity contribution in [3.8, 4) is 11.8 Å². The van der Waals surface area contributed by atoms with Crippen molar-refractivity contribution in [2.75, 3.05) is 0 Å². The summed E-state index contributed by atoms with van der Waals surface area (Å²) in [6, 6.07) is 14.9. The number of rotatable bonds is 3. The van der Waals surface area contributed by atoms with Crippen LogP contribution in [-0.4, -0.2) is 21.8 Å². The molecule has 7 nitrogen and oxygen atoms in total. The number of aromatic hydroxyl groups is 1. The number of phenolic OH excluding ortho intramolecular Hbond substituents is 1. The molecule has 1 heterocycles. The van der Waals surface area contributed by atoms with Crippen molar-refractivity contribution in [2.24, 2.45) is 5.73 Å². The molecule has 1 amide bonds. The van der Waals surface area contributed by atoms with Crippen LogP contribution >= 0.6 is 11.6 Å². The number of ketones is 1. The molecule has 4 rings (SSSR count). The zero-order valence-corrected chi connectivity index (χ0v) is 17.2. The minimum absolute atomic E-state index is 0.0335. The van der Waals surface area contributed by atoms with Gasteiger partial charge in [-0.25, -0.2) is 5.01 Å². The smallest absolute Gasteiger partial charge is 0.270 e. The first-order chi connectivity index (χ1) is 14.9. The Kier molecular flexibility index (Phi) is 5.40. The van der Waals surface area contributed by atoms with Crippen molar-refractivity contribution in [3.05, 3.63) is 87.3 Å². The SMILES string of the molecule is N#CC1=C(N)N(NC(=O)c2ccc(O)cc2)C2=C(C(=O)CCC2)C1c1ccccc1Cl. The van der Waals surface area contributed by atoms with E-state index in [2.05, 4.69) is 11.5 Å². The molecule has 0 saturated carbocycles. The van der Waals surface area contributed by atoms with Crippen LogP contribution in [0.2, 0.25) is 5.02 Å². The van der Waals surface area contributed by atoms with E-state index in [9.17, 15) is 20.0 Å². The number of phenols is 1. The second kappa shape index (κ2) is 8.17. The third-order valence-electron chi connectivity index (χ3n) is 5.47. The van der Waals surface area contributed by atoms with Gasteiger partial charge in [0.25, 0.3) is 5.91 Å². The van der Waals surface area contributed by atoms with Crippen molar-refractivity contribution >= 4 is 23.3 Å². The van der Waals surface area contributed by atoms with Crippen LogP contribution < -0.4 is 11.2 Å². The number of carbonyl (C=O) groups excluding carboxylic acids is 2. The highest BCUT2D eigenvalue weighted by Crippen LogP contribution is 2.45. The van der Waals surface area contributed by atoms with E-state index in [4.69, 9.17) is 17.3 Å². The number of carbonyl (C=O) groups is 2. The molecule has 0 spiro atoms. The number of hydrogen-bond donors (Lipinski definition) is 3. The van der Waals surface area contributed by atoms with Crippen molar-refractivity contribution in [3.63, 3.8) is 0 Å². The normalized spacial score (nSPS) is 18.5. The summed E-state index contributed by atoms with van der Waals surface area (Å²) in [6.07, 6.45) is 1.46. The number of hydrazine groups is 1. The fourth-order valence-electron chi connectivity index (χ4n) is 4.01. The van der Waals surface area contributed by atoms with Gasteiger partial charge in [-0.3, -0.25) is 15.0 Å². The third kappa shape index (κ3) is 3.62. The average Bonchev–Trinajstić information content (AvgIpc) is 2.76. The van der Waals surface area contributed by atoms with Crippen LogP contribution in [0.15, 0.2) is 71.2 Å². The van der Waals surface area contributed by atoms with Gasteiger partial charge in [0.15, 0.2) is 5.78 Å². The zero-order chi connectivity index (χ0) is 22.1. The molecule has 2 aliphatic rings. The van der Waals surface area contributed by atoms with Crippen LogP contribution in [0, 0.1) is 11.3 Å². The van der Waals surface area contributed by atoms with Gasteiger partial charge >= 0.3 is 0 Å². The number of nitriles is 1. The molecule has 0 bridgehead atoms. The maximum Gasteiger partial charge on any atom is 0.270 e. The highest BCUT2D eigenvalue weighted by Gasteiger charge is 2.41. The van der Waals surface area contributed by atoms with E-state index in [0.29, 0.717) is 46.7 Å². The number of allylic oxidation sites excluding steroid dienone is 3. The Morgan fingerprint density at radius 1 is 1.19 bits per heavy atom. The van der Waals surface area contributed by atoms with Crippen molar-refractivity contribution in [2.45, 2.75) is 25.2 Å². The van der Waals surface area contributed by atoms with E-state index in [0.717, 1.165) is 0 Å². The number of amides is 1. The Balaban J connectivity index is 1.82. The first kappa shape index (κ1) is 20.5. The zero-order valence-electron chi connectivity index (χ0n) is 16.4. The summed E-state index contributed by atoms with van der Waals surface area (Å²) in [4.78, 5) is 25.8. The summed E-state index contributed by atoms with van der Waals surface area (Å²) in [5, 5.41) is 21.1. The monoisotopic (exact) mass is 434 g/mol. The molecule has 1 aliphatic heterocycles. The molecule has 1 unspecified atom stereocenters. The number of hydrogen-bond acceptors (Lipinski definition) is 6. The number of Topliss-reactive ketones (excluding diaryl/α,β-unsaturated/α-hetero) is 1. The molecular weight excluding hydrogens is 416 g/mol. The van der Waals surface area contributed by atoms with Gasteiger partial charge in [0, 0.05) is 28.3 Å². The summed E-state index contributed by atoms with van der Waals surface area (Å²) in [6.45, 7) is 0. The molecule has 0 radical (unpaired) electrons. The van der Waals surface area contributed by atoms with E-state index < -0.39 is 11.8 Å². The molecule has 8 heteroatoms. The lowest BCUT2D eigenvalue weighted by atomic mass is 9.76. The Labute approximate surface area is 184 Å². The molecule has 2 aromatic carbocycles. The summed E-state index contributed by atoms with van der Waals surface area (Å²) in [5.41, 5.74) is 11.1. The van der Waals surface area contributed by atoms with Crippen molar-refractivity contribution < 1.29 is 14.7 Å². The van der Waals surface area contributed by atoms with Gasteiger partial charge in [0.1, 0.15) is 11.6 Å². The van der Waals surface area contributed by atoms with E-state index in [1.807, 2.05) is 0 Å². The predicted octanol–water partition coefficient (Wildman–Crippen LogP) is 3.49. The standard InChI is InChI=1S/C23H19ClN4O3/c24-17-5-2-1-4-15(17)20-16(12-25)22(26)28(18-6-3-7-19(30)21(18)20)27-23(31)13-8-10-14(29)11-9-13/h1-2,4-5,8-11,20,29H,3,6-7,26H2,(H,27,31). The van der Waals surface area contributed by atoms with Crippen molar-refractivity contribution in [1.29, 1.82) is 5.26 Å². The minimum atomic E-state index is -0.691. The van der Waals surface area contributed by atoms with Crippen LogP contribution in [0.1, 0.15) is 41.1 Å². The number of nitrogens with two attached hydrogens (primary N) is 1. The molecular formula is C23H19ClN4O3. The molecule has 4 N–H and O–H groups in total. The maximum absolute atomic E-state index is 13.0. The third-order valence-corrected chi connectivity index (χ3v) is 5.82. The van der Waals surface area contributed by atoms with Gasteiger partial charge in [-0.05, 0) is 48.7 Å². The summed E-state index contributed by atoms with van der Waals surface area (Å²) >= 11 is 6.41. The lowest BCUT2D eigenvalue weighted by molar-refractivity contribution is -0.116. The predicted molar refractivity (Wildman–Crippen MR) is 114 cm³/mol. The Morgan fingerprint density at radius 2 is 1.90 bits per heavy atom. The Bertz CT molecular complexity index is 1180. The highest BCUT2D eigenvalue weighted by atomic mass is 35.5. The molecule has 0 aromatic heterocycles. The molecule has 1 atom stereocenters. The van der Waals surface area contributed by atoms with Gasteiger partial charge < -0.3 is 10.8 Å². The first-order valence-corrected chi connectivity index (χ1v) is 10.1. The average molecular weight is 435 g/mol. The van der Waals surface area contributed by atoms with Gasteiger partial charge in [0.05, 0.1) is 17.6 Å². The fraction of sp³-hybridized carbons (Fsp3) is 0.174. The van der Waals surface area contributed by atoms with E-state index in [1.165, 1.54) is 29.3 Å². The molecule has 1 aliphatic carbocycles. The topological polar surface area (TPSA) is 119 Å². The van der Waals surface area contributed by atoms with Crippen LogP contribution in [0.3, 0.4) is 0 Å². The quantitative estimate of drug-likeness (QED) is 0.680. The molecule has 156 valence electrons. The highest BCUT2D eigenvalue weighted by molar-refractivity contribution is 6.31. The fourth-order valence-corrected chi connectivity index (χ4v) is 4.26. The Hall–Kier alpha value is -3.76. The number of benzene rings is 2. The first-order valence-electron chi connectivity index (χ1n) is 9.73. The van der Waals surface area contributed by atoms with E-state index in [-0.39, 0.29) is 22.9 Å². The summed E-state index contributed by atoms with van der Waals surface area (Å²) in [5.74, 6) is -1.20. The van der Waals surface area contributed by atoms with Gasteiger partial charge in [-0.2, -0.15) is 5.26 Å². The van der Waals surface area contributed by atoms with Crippen LogP contribution in [0.5, 0.6) is 5.75 Å².